The van der Waals surface area contributed by atoms with Gasteiger partial charge in [-0.1, -0.05) is 47.7 Å². The smallest absolute Gasteiger partial charge is 0.338 e. The molecule has 1 atom stereocenters. The second-order valence-corrected chi connectivity index (χ2v) is 11.0. The molecule has 1 aromatic heterocycles. The van der Waals surface area contributed by atoms with Crippen LogP contribution in [0.3, 0.4) is 0 Å². The van der Waals surface area contributed by atoms with Crippen molar-refractivity contribution in [2.24, 2.45) is 4.99 Å². The summed E-state index contributed by atoms with van der Waals surface area (Å²) in [6, 6.07) is 15.5. The minimum atomic E-state index is -1.19. The number of carbonyl (C=O) groups is 1. The lowest BCUT2D eigenvalue weighted by Gasteiger charge is -2.23. The average molecular weight is 646 g/mol. The van der Waals surface area contributed by atoms with E-state index in [4.69, 9.17) is 23.9 Å². The molecular weight excluding hydrogens is 614 g/mol. The molecule has 0 bridgehead atoms. The number of aromatic nitrogens is 1. The number of thiazole rings is 1. The molecule has 0 spiro atoms. The first kappa shape index (κ1) is 32.0. The summed E-state index contributed by atoms with van der Waals surface area (Å²) in [6.45, 7) is 5.51. The van der Waals surface area contributed by atoms with Crippen molar-refractivity contribution in [3.63, 3.8) is 0 Å². The van der Waals surface area contributed by atoms with Crippen LogP contribution >= 0.6 is 11.3 Å². The molecule has 1 N–H and O–H groups in total. The van der Waals surface area contributed by atoms with Crippen molar-refractivity contribution in [2.45, 2.75) is 33.4 Å². The van der Waals surface area contributed by atoms with Crippen molar-refractivity contribution < 1.29 is 33.8 Å². The SMILES string of the molecule is CCOC(=O)C1=C(C)n2c(s/c(=C\c3ccc(O)c(OCC)c3)c2=O)=N[C@@H]1c1cc(OC)c(OCc2ccccc2)cc1[N+](=O)[O-]. The maximum atomic E-state index is 13.7. The number of phenols is 1. The predicted molar refractivity (Wildman–Crippen MR) is 171 cm³/mol. The number of nitro groups is 1. The van der Waals surface area contributed by atoms with Gasteiger partial charge in [0.05, 0.1) is 47.0 Å². The number of hydrogen-bond acceptors (Lipinski definition) is 11. The number of carbonyl (C=O) groups excluding carboxylic acids is 1. The first-order valence-electron chi connectivity index (χ1n) is 14.3. The van der Waals surface area contributed by atoms with Crippen molar-refractivity contribution >= 4 is 34.8 Å². The lowest BCUT2D eigenvalue weighted by Crippen LogP contribution is -2.35. The standard InChI is InChI=1S/C33H31N3O9S/c1-5-43-25-14-21(12-13-24(25)37)15-28-31(38)35-19(3)29(32(39)44-6-2)30(34-33(35)46-28)22-16-26(42-4)27(17-23(22)36(40)41)45-18-20-10-8-7-9-11-20/h7-17,30,37H,5-6,18H2,1-4H3/b28-15-/t30-/m1/s1. The molecule has 0 saturated carbocycles. The van der Waals surface area contributed by atoms with Crippen LogP contribution in [0.1, 0.15) is 43.5 Å². The van der Waals surface area contributed by atoms with Gasteiger partial charge in [0, 0.05) is 5.70 Å². The zero-order valence-corrected chi connectivity index (χ0v) is 26.3. The number of nitrogens with zero attached hydrogens (tertiary/aromatic N) is 3. The van der Waals surface area contributed by atoms with Crippen LogP contribution < -0.4 is 29.1 Å². The fraction of sp³-hybridized carbons (Fsp3) is 0.242. The van der Waals surface area contributed by atoms with Gasteiger partial charge in [0.25, 0.3) is 11.2 Å². The molecule has 0 unspecified atom stereocenters. The largest absolute Gasteiger partial charge is 0.504 e. The number of aromatic hydroxyl groups is 1. The van der Waals surface area contributed by atoms with Crippen LogP contribution in [0.5, 0.6) is 23.0 Å². The number of hydrogen-bond donors (Lipinski definition) is 1. The van der Waals surface area contributed by atoms with E-state index in [1.165, 1.54) is 29.9 Å². The number of methoxy groups -OCH3 is 1. The van der Waals surface area contributed by atoms with E-state index in [1.807, 2.05) is 30.3 Å². The Hall–Kier alpha value is -5.43. The highest BCUT2D eigenvalue weighted by Crippen LogP contribution is 2.43. The molecule has 0 radical (unpaired) electrons. The number of phenolic OH excluding ortho intramolecular Hbond substituents is 1. The van der Waals surface area contributed by atoms with Gasteiger partial charge < -0.3 is 24.1 Å². The molecule has 0 aliphatic carbocycles. The van der Waals surface area contributed by atoms with Crippen LogP contribution in [0.4, 0.5) is 5.69 Å². The van der Waals surface area contributed by atoms with Crippen LogP contribution in [0.15, 0.2) is 76.0 Å². The van der Waals surface area contributed by atoms with Crippen molar-refractivity contribution in [2.75, 3.05) is 20.3 Å². The molecule has 3 aromatic carbocycles. The summed E-state index contributed by atoms with van der Waals surface area (Å²) < 4.78 is 23.8. The van der Waals surface area contributed by atoms with Crippen LogP contribution in [0.2, 0.25) is 0 Å². The van der Waals surface area contributed by atoms with E-state index in [1.54, 1.807) is 39.0 Å². The van der Waals surface area contributed by atoms with Crippen LogP contribution in [0.25, 0.3) is 11.8 Å². The lowest BCUT2D eigenvalue weighted by molar-refractivity contribution is -0.385. The molecule has 1 aliphatic rings. The maximum Gasteiger partial charge on any atom is 0.338 e. The summed E-state index contributed by atoms with van der Waals surface area (Å²) in [5.74, 6) is -0.194. The van der Waals surface area contributed by atoms with Gasteiger partial charge in [0.15, 0.2) is 27.8 Å². The minimum Gasteiger partial charge on any atom is -0.504 e. The molecule has 2 heterocycles. The maximum absolute atomic E-state index is 13.7. The Bertz CT molecular complexity index is 2020. The number of fused-ring (bicyclic) bond motifs is 1. The zero-order valence-electron chi connectivity index (χ0n) is 25.5. The van der Waals surface area contributed by atoms with Crippen molar-refractivity contribution in [1.82, 2.24) is 4.57 Å². The molecule has 0 amide bonds. The molecule has 1 aliphatic heterocycles. The highest BCUT2D eigenvalue weighted by Gasteiger charge is 2.36. The number of nitro benzene ring substituents is 1. The van der Waals surface area contributed by atoms with Gasteiger partial charge >= 0.3 is 5.97 Å². The van der Waals surface area contributed by atoms with Gasteiger partial charge in [-0.15, -0.1) is 0 Å². The molecule has 4 aromatic rings. The number of benzene rings is 3. The average Bonchev–Trinajstić information content (AvgIpc) is 3.36. The van der Waals surface area contributed by atoms with Gasteiger partial charge in [-0.2, -0.15) is 0 Å². The molecule has 0 fully saturated rings. The van der Waals surface area contributed by atoms with E-state index in [2.05, 4.69) is 0 Å². The highest BCUT2D eigenvalue weighted by molar-refractivity contribution is 7.07. The van der Waals surface area contributed by atoms with E-state index >= 15 is 0 Å². The zero-order chi connectivity index (χ0) is 33.0. The normalized spacial score (nSPS) is 14.3. The molecule has 5 rings (SSSR count). The summed E-state index contributed by atoms with van der Waals surface area (Å²) in [4.78, 5) is 43.8. The predicted octanol–water partition coefficient (Wildman–Crippen LogP) is 4.51. The monoisotopic (exact) mass is 645 g/mol. The van der Waals surface area contributed by atoms with Crippen molar-refractivity contribution in [3.8, 4) is 23.0 Å². The summed E-state index contributed by atoms with van der Waals surface area (Å²) in [5, 5.41) is 22.5. The topological polar surface area (TPSA) is 152 Å². The summed E-state index contributed by atoms with van der Waals surface area (Å²) in [6.07, 6.45) is 1.62. The highest BCUT2D eigenvalue weighted by atomic mass is 32.1. The van der Waals surface area contributed by atoms with Crippen molar-refractivity contribution in [3.05, 3.63) is 113 Å². The van der Waals surface area contributed by atoms with Crippen LogP contribution in [-0.4, -0.2) is 40.9 Å². The number of esters is 1. The molecule has 46 heavy (non-hydrogen) atoms. The quantitative estimate of drug-likeness (QED) is 0.141. The molecule has 0 saturated heterocycles. The fourth-order valence-electron chi connectivity index (χ4n) is 5.03. The number of allylic oxidation sites excluding steroid dienone is 1. The summed E-state index contributed by atoms with van der Waals surface area (Å²) >= 11 is 1.06. The molecule has 12 nitrogen and oxygen atoms in total. The first-order valence-corrected chi connectivity index (χ1v) is 15.2. The Labute approximate surface area is 267 Å². The van der Waals surface area contributed by atoms with E-state index in [-0.39, 0.29) is 68.1 Å². The third-order valence-electron chi connectivity index (χ3n) is 7.16. The van der Waals surface area contributed by atoms with Gasteiger partial charge in [-0.3, -0.25) is 19.5 Å². The van der Waals surface area contributed by atoms with Gasteiger partial charge in [-0.05, 0) is 56.2 Å². The Balaban J connectivity index is 1.68. The minimum absolute atomic E-state index is 0.0211. The number of rotatable bonds is 11. The van der Waals surface area contributed by atoms with E-state index in [0.29, 0.717) is 12.2 Å². The van der Waals surface area contributed by atoms with E-state index in [0.717, 1.165) is 16.9 Å². The van der Waals surface area contributed by atoms with Crippen LogP contribution in [-0.2, 0) is 16.1 Å². The number of ether oxygens (including phenoxy) is 4. The Morgan fingerprint density at radius 3 is 2.50 bits per heavy atom. The van der Waals surface area contributed by atoms with Gasteiger partial charge in [0.1, 0.15) is 12.6 Å². The third-order valence-corrected chi connectivity index (χ3v) is 8.15. The Morgan fingerprint density at radius 2 is 1.83 bits per heavy atom. The van der Waals surface area contributed by atoms with E-state index < -0.39 is 22.5 Å². The third kappa shape index (κ3) is 6.35. The molecule has 13 heteroatoms. The molecule has 238 valence electrons. The summed E-state index contributed by atoms with van der Waals surface area (Å²) in [5.41, 5.74) is 0.927. The van der Waals surface area contributed by atoms with Gasteiger partial charge in [0.2, 0.25) is 0 Å². The van der Waals surface area contributed by atoms with E-state index in [9.17, 15) is 24.8 Å². The summed E-state index contributed by atoms with van der Waals surface area (Å²) in [7, 11) is 1.41. The first-order chi connectivity index (χ1) is 22.2. The second kappa shape index (κ2) is 13.7. The van der Waals surface area contributed by atoms with Gasteiger partial charge in [-0.25, -0.2) is 9.79 Å². The fourth-order valence-corrected chi connectivity index (χ4v) is 6.07. The Morgan fingerprint density at radius 1 is 1.07 bits per heavy atom. The van der Waals surface area contributed by atoms with Crippen molar-refractivity contribution in [1.29, 1.82) is 0 Å². The van der Waals surface area contributed by atoms with Crippen LogP contribution in [0, 0.1) is 10.1 Å². The second-order valence-electron chi connectivity index (χ2n) is 10.0. The lowest BCUT2D eigenvalue weighted by atomic mass is 9.94. The molecular formula is C33H31N3O9S. The Kier molecular flexibility index (Phi) is 9.52.